The van der Waals surface area contributed by atoms with Gasteiger partial charge in [0.1, 0.15) is 0 Å². The molecule has 0 saturated carbocycles. The third-order valence-electron chi connectivity index (χ3n) is 3.57. The van der Waals surface area contributed by atoms with Crippen LogP contribution in [0.1, 0.15) is 11.1 Å². The van der Waals surface area contributed by atoms with Crippen LogP contribution in [0.4, 0.5) is 13.2 Å². The van der Waals surface area contributed by atoms with Crippen LogP contribution in [0, 0.1) is 6.92 Å². The van der Waals surface area contributed by atoms with Crippen molar-refractivity contribution in [2.75, 3.05) is 0 Å². The standard InChI is InChI=1S/C17H11BrF3N/c1-10-5-2-3-6-11(10)13-9-22-16-12(15(13)18)7-4-8-14(16)17(19,20)21/h2-9H,1H3. The van der Waals surface area contributed by atoms with Crippen LogP contribution in [0.3, 0.4) is 0 Å². The lowest BCUT2D eigenvalue weighted by Gasteiger charge is -2.13. The summed E-state index contributed by atoms with van der Waals surface area (Å²) in [6.45, 7) is 1.96. The molecule has 0 aliphatic rings. The number of alkyl halides is 3. The number of nitrogens with zero attached hydrogens (tertiary/aromatic N) is 1. The first kappa shape index (κ1) is 15.0. The Balaban J connectivity index is 2.31. The number of para-hydroxylation sites is 1. The van der Waals surface area contributed by atoms with Gasteiger partial charge in [-0.3, -0.25) is 4.98 Å². The van der Waals surface area contributed by atoms with Crippen molar-refractivity contribution >= 4 is 26.8 Å². The molecule has 1 nitrogen and oxygen atoms in total. The van der Waals surface area contributed by atoms with E-state index in [1.54, 1.807) is 6.07 Å². The molecule has 0 atom stereocenters. The number of fused-ring (bicyclic) bond motifs is 1. The van der Waals surface area contributed by atoms with E-state index < -0.39 is 11.7 Å². The Kier molecular flexibility index (Phi) is 3.68. The molecule has 22 heavy (non-hydrogen) atoms. The van der Waals surface area contributed by atoms with E-state index in [1.807, 2.05) is 31.2 Å². The summed E-state index contributed by atoms with van der Waals surface area (Å²) < 4.78 is 39.9. The van der Waals surface area contributed by atoms with E-state index >= 15 is 0 Å². The number of aryl methyl sites for hydroxylation is 1. The summed E-state index contributed by atoms with van der Waals surface area (Å²) in [7, 11) is 0. The summed E-state index contributed by atoms with van der Waals surface area (Å²) in [4.78, 5) is 4.08. The van der Waals surface area contributed by atoms with Crippen LogP contribution in [-0.2, 0) is 6.18 Å². The maximum Gasteiger partial charge on any atom is 0.418 e. The van der Waals surface area contributed by atoms with E-state index in [9.17, 15) is 13.2 Å². The molecular weight excluding hydrogens is 355 g/mol. The van der Waals surface area contributed by atoms with Gasteiger partial charge in [0.15, 0.2) is 0 Å². The molecule has 0 saturated heterocycles. The SMILES string of the molecule is Cc1ccccc1-c1cnc2c(C(F)(F)F)cccc2c1Br. The van der Waals surface area contributed by atoms with Gasteiger partial charge in [-0.25, -0.2) is 0 Å². The molecule has 0 amide bonds. The van der Waals surface area contributed by atoms with Gasteiger partial charge in [-0.1, -0.05) is 36.4 Å². The normalized spacial score (nSPS) is 11.9. The van der Waals surface area contributed by atoms with E-state index in [4.69, 9.17) is 0 Å². The average molecular weight is 366 g/mol. The largest absolute Gasteiger partial charge is 0.418 e. The van der Waals surface area contributed by atoms with Gasteiger partial charge >= 0.3 is 6.18 Å². The van der Waals surface area contributed by atoms with Crippen molar-refractivity contribution in [3.05, 3.63) is 64.3 Å². The van der Waals surface area contributed by atoms with Gasteiger partial charge in [0.25, 0.3) is 0 Å². The van der Waals surface area contributed by atoms with Crippen LogP contribution in [0.25, 0.3) is 22.0 Å². The van der Waals surface area contributed by atoms with Crippen molar-refractivity contribution in [1.29, 1.82) is 0 Å². The quantitative estimate of drug-likeness (QED) is 0.515. The van der Waals surface area contributed by atoms with Crippen LogP contribution < -0.4 is 0 Å². The highest BCUT2D eigenvalue weighted by Crippen LogP contribution is 2.39. The number of hydrogen-bond donors (Lipinski definition) is 0. The van der Waals surface area contributed by atoms with Gasteiger partial charge in [0, 0.05) is 21.6 Å². The molecule has 0 aliphatic heterocycles. The molecular formula is C17H11BrF3N. The number of hydrogen-bond acceptors (Lipinski definition) is 1. The van der Waals surface area contributed by atoms with Gasteiger partial charge in [0.2, 0.25) is 0 Å². The second-order valence-corrected chi connectivity index (χ2v) is 5.79. The summed E-state index contributed by atoms with van der Waals surface area (Å²) in [6, 6.07) is 11.8. The highest BCUT2D eigenvalue weighted by Gasteiger charge is 2.33. The van der Waals surface area contributed by atoms with E-state index in [0.29, 0.717) is 9.86 Å². The average Bonchev–Trinajstić information content (AvgIpc) is 2.47. The number of halogens is 4. The lowest BCUT2D eigenvalue weighted by molar-refractivity contribution is -0.136. The van der Waals surface area contributed by atoms with Crippen molar-refractivity contribution < 1.29 is 13.2 Å². The lowest BCUT2D eigenvalue weighted by atomic mass is 10.00. The molecule has 0 aliphatic carbocycles. The molecule has 1 heterocycles. The monoisotopic (exact) mass is 365 g/mol. The van der Waals surface area contributed by atoms with E-state index in [0.717, 1.165) is 22.8 Å². The molecule has 2 aromatic carbocycles. The predicted octanol–water partition coefficient (Wildman–Crippen LogP) is 5.99. The number of rotatable bonds is 1. The Morgan fingerprint density at radius 2 is 1.68 bits per heavy atom. The molecule has 0 bridgehead atoms. The summed E-state index contributed by atoms with van der Waals surface area (Å²) in [5, 5.41) is 0.454. The molecule has 0 radical (unpaired) electrons. The number of aromatic nitrogens is 1. The molecule has 5 heteroatoms. The van der Waals surface area contributed by atoms with Crippen LogP contribution in [0.15, 0.2) is 53.1 Å². The molecule has 0 spiro atoms. The first-order valence-corrected chi connectivity index (χ1v) is 7.39. The minimum Gasteiger partial charge on any atom is -0.255 e. The Morgan fingerprint density at radius 1 is 0.955 bits per heavy atom. The fraction of sp³-hybridized carbons (Fsp3) is 0.118. The number of benzene rings is 2. The van der Waals surface area contributed by atoms with Crippen molar-refractivity contribution in [2.45, 2.75) is 13.1 Å². The molecule has 0 N–H and O–H groups in total. The fourth-order valence-electron chi connectivity index (χ4n) is 2.48. The van der Waals surface area contributed by atoms with Crippen molar-refractivity contribution in [3.63, 3.8) is 0 Å². The molecule has 1 aromatic heterocycles. The first-order valence-electron chi connectivity index (χ1n) is 6.60. The van der Waals surface area contributed by atoms with Gasteiger partial charge in [-0.15, -0.1) is 0 Å². The minimum atomic E-state index is -4.42. The van der Waals surface area contributed by atoms with Gasteiger partial charge < -0.3 is 0 Å². The molecule has 0 fully saturated rings. The summed E-state index contributed by atoms with van der Waals surface area (Å²) in [5.74, 6) is 0. The molecule has 0 unspecified atom stereocenters. The van der Waals surface area contributed by atoms with Gasteiger partial charge in [-0.2, -0.15) is 13.2 Å². The zero-order valence-electron chi connectivity index (χ0n) is 11.6. The fourth-order valence-corrected chi connectivity index (χ4v) is 3.12. The maximum absolute atomic E-state index is 13.1. The van der Waals surface area contributed by atoms with Crippen molar-refractivity contribution in [2.24, 2.45) is 0 Å². The van der Waals surface area contributed by atoms with E-state index in [-0.39, 0.29) is 5.52 Å². The van der Waals surface area contributed by atoms with Crippen LogP contribution in [-0.4, -0.2) is 4.98 Å². The second kappa shape index (κ2) is 5.39. The van der Waals surface area contributed by atoms with Gasteiger partial charge in [-0.05, 0) is 40.0 Å². The van der Waals surface area contributed by atoms with E-state index in [1.165, 1.54) is 12.3 Å². The smallest absolute Gasteiger partial charge is 0.255 e. The highest BCUT2D eigenvalue weighted by molar-refractivity contribution is 9.10. The second-order valence-electron chi connectivity index (χ2n) is 5.00. The zero-order chi connectivity index (χ0) is 15.9. The lowest BCUT2D eigenvalue weighted by Crippen LogP contribution is -2.06. The Hall–Kier alpha value is -1.88. The van der Waals surface area contributed by atoms with E-state index in [2.05, 4.69) is 20.9 Å². The first-order chi connectivity index (χ1) is 10.4. The zero-order valence-corrected chi connectivity index (χ0v) is 13.2. The third-order valence-corrected chi connectivity index (χ3v) is 4.43. The third kappa shape index (κ3) is 2.50. The minimum absolute atomic E-state index is 0.0424. The Bertz CT molecular complexity index is 856. The summed E-state index contributed by atoms with van der Waals surface area (Å²) >= 11 is 3.45. The summed E-state index contributed by atoms with van der Waals surface area (Å²) in [5.41, 5.74) is 2.00. The maximum atomic E-state index is 13.1. The van der Waals surface area contributed by atoms with Crippen LogP contribution in [0.5, 0.6) is 0 Å². The molecule has 3 rings (SSSR count). The predicted molar refractivity (Wildman–Crippen MR) is 84.6 cm³/mol. The van der Waals surface area contributed by atoms with Gasteiger partial charge in [0.05, 0.1) is 11.1 Å². The van der Waals surface area contributed by atoms with Crippen LogP contribution >= 0.6 is 15.9 Å². The molecule has 3 aromatic rings. The van der Waals surface area contributed by atoms with Crippen LogP contribution in [0.2, 0.25) is 0 Å². The topological polar surface area (TPSA) is 12.9 Å². The van der Waals surface area contributed by atoms with Crippen molar-refractivity contribution in [1.82, 2.24) is 4.98 Å². The highest BCUT2D eigenvalue weighted by atomic mass is 79.9. The Labute approximate surface area is 133 Å². The summed E-state index contributed by atoms with van der Waals surface area (Å²) in [6.07, 6.45) is -2.93. The Morgan fingerprint density at radius 3 is 2.36 bits per heavy atom. The molecule has 112 valence electrons. The van der Waals surface area contributed by atoms with Crippen molar-refractivity contribution in [3.8, 4) is 11.1 Å². The number of pyridine rings is 1.